The Morgan fingerprint density at radius 2 is 2.00 bits per heavy atom. The molecule has 31 heavy (non-hydrogen) atoms. The molecular formula is C24H28F2N4S. The van der Waals surface area contributed by atoms with E-state index in [1.54, 1.807) is 18.2 Å². The number of thioether (sulfide) groups is 1. The van der Waals surface area contributed by atoms with Crippen molar-refractivity contribution < 1.29 is 8.78 Å². The van der Waals surface area contributed by atoms with E-state index in [1.807, 2.05) is 40.9 Å². The molecule has 0 aliphatic carbocycles. The maximum Gasteiger partial charge on any atom is 0.275 e. The number of anilines is 2. The summed E-state index contributed by atoms with van der Waals surface area (Å²) in [5.74, 6) is -0.225. The number of pyridine rings is 1. The van der Waals surface area contributed by atoms with Gasteiger partial charge >= 0.3 is 0 Å². The smallest absolute Gasteiger partial charge is 0.275 e. The molecule has 0 unspecified atom stereocenters. The molecule has 0 atom stereocenters. The van der Waals surface area contributed by atoms with E-state index in [9.17, 15) is 8.78 Å². The summed E-state index contributed by atoms with van der Waals surface area (Å²) in [7, 11) is 0. The van der Waals surface area contributed by atoms with Crippen LogP contribution >= 0.6 is 11.8 Å². The Morgan fingerprint density at radius 1 is 1.16 bits per heavy atom. The largest absolute Gasteiger partial charge is 0.384 e. The van der Waals surface area contributed by atoms with Gasteiger partial charge < -0.3 is 16.0 Å². The van der Waals surface area contributed by atoms with Crippen LogP contribution in [0, 0.1) is 6.92 Å². The predicted molar refractivity (Wildman–Crippen MR) is 127 cm³/mol. The minimum absolute atomic E-state index is 0.129. The summed E-state index contributed by atoms with van der Waals surface area (Å²) < 4.78 is 29.4. The van der Waals surface area contributed by atoms with E-state index in [-0.39, 0.29) is 18.5 Å². The first kappa shape index (κ1) is 21.8. The van der Waals surface area contributed by atoms with Gasteiger partial charge in [-0.2, -0.15) is 11.8 Å². The van der Waals surface area contributed by atoms with E-state index in [0.29, 0.717) is 18.7 Å². The van der Waals surface area contributed by atoms with Crippen molar-refractivity contribution in [2.75, 3.05) is 41.4 Å². The van der Waals surface area contributed by atoms with Crippen molar-refractivity contribution in [3.63, 3.8) is 0 Å². The first-order valence-corrected chi connectivity index (χ1v) is 11.8. The maximum atomic E-state index is 14.7. The molecule has 4 nitrogen and oxygen atoms in total. The van der Waals surface area contributed by atoms with E-state index in [0.717, 1.165) is 46.0 Å². The van der Waals surface area contributed by atoms with Gasteiger partial charge in [0.25, 0.3) is 5.92 Å². The van der Waals surface area contributed by atoms with Crippen LogP contribution in [0.3, 0.4) is 0 Å². The lowest BCUT2D eigenvalue weighted by molar-refractivity contribution is -0.00967. The molecule has 1 aliphatic rings. The highest BCUT2D eigenvalue weighted by molar-refractivity contribution is 7.99. The molecule has 4 rings (SSSR count). The molecule has 0 radical (unpaired) electrons. The van der Waals surface area contributed by atoms with Gasteiger partial charge in [0.2, 0.25) is 0 Å². The van der Waals surface area contributed by atoms with Crippen molar-refractivity contribution in [3.8, 4) is 0 Å². The fourth-order valence-corrected chi connectivity index (χ4v) is 4.60. The summed E-state index contributed by atoms with van der Waals surface area (Å²) in [4.78, 5) is 6.81. The molecule has 0 saturated heterocycles. The quantitative estimate of drug-likeness (QED) is 0.496. The highest BCUT2D eigenvalue weighted by Crippen LogP contribution is 2.39. The summed E-state index contributed by atoms with van der Waals surface area (Å²) in [6, 6.07) is 15.0. The van der Waals surface area contributed by atoms with Gasteiger partial charge in [-0.1, -0.05) is 35.9 Å². The number of hydrogen-bond donors (Lipinski definition) is 2. The SMILES string of the molecule is Cc1ccc2nc(N3CCC(F)(F)c4ccccc4C3)cc(NCCSCCN)c2c1. The lowest BCUT2D eigenvalue weighted by Crippen LogP contribution is -2.25. The number of halogens is 2. The number of nitrogens with one attached hydrogen (secondary N) is 1. The van der Waals surface area contributed by atoms with Gasteiger partial charge in [-0.05, 0) is 24.6 Å². The van der Waals surface area contributed by atoms with Gasteiger partial charge in [0, 0.05) is 66.8 Å². The zero-order chi connectivity index (χ0) is 21.8. The average Bonchev–Trinajstić information content (AvgIpc) is 2.90. The Labute approximate surface area is 186 Å². The van der Waals surface area contributed by atoms with Crippen LogP contribution in [-0.2, 0) is 12.5 Å². The van der Waals surface area contributed by atoms with E-state index in [2.05, 4.69) is 18.3 Å². The Hall–Kier alpha value is -2.38. The fourth-order valence-electron chi connectivity index (χ4n) is 3.98. The molecule has 1 aromatic heterocycles. The number of aryl methyl sites for hydroxylation is 1. The second-order valence-electron chi connectivity index (χ2n) is 7.91. The third kappa shape index (κ3) is 4.93. The van der Waals surface area contributed by atoms with Crippen LogP contribution in [-0.4, -0.2) is 36.1 Å². The first-order valence-electron chi connectivity index (χ1n) is 10.6. The molecule has 3 aromatic rings. The molecule has 2 aromatic carbocycles. The minimum Gasteiger partial charge on any atom is -0.384 e. The number of benzene rings is 2. The molecule has 7 heteroatoms. The molecule has 0 amide bonds. The molecule has 0 spiro atoms. The summed E-state index contributed by atoms with van der Waals surface area (Å²) in [5.41, 5.74) is 9.37. The second kappa shape index (κ2) is 9.40. The molecular weight excluding hydrogens is 414 g/mol. The van der Waals surface area contributed by atoms with Crippen LogP contribution in [0.25, 0.3) is 10.9 Å². The van der Waals surface area contributed by atoms with Crippen LogP contribution in [0.4, 0.5) is 20.3 Å². The number of rotatable bonds is 7. The molecule has 164 valence electrons. The van der Waals surface area contributed by atoms with Gasteiger partial charge in [0.05, 0.1) is 5.52 Å². The third-order valence-electron chi connectivity index (χ3n) is 5.57. The lowest BCUT2D eigenvalue weighted by Gasteiger charge is -2.24. The molecule has 0 fully saturated rings. The van der Waals surface area contributed by atoms with Crippen LogP contribution in [0.5, 0.6) is 0 Å². The topological polar surface area (TPSA) is 54.2 Å². The number of alkyl halides is 2. The number of aromatic nitrogens is 1. The van der Waals surface area contributed by atoms with Crippen LogP contribution in [0.1, 0.15) is 23.1 Å². The van der Waals surface area contributed by atoms with Crippen LogP contribution < -0.4 is 16.0 Å². The average molecular weight is 443 g/mol. The zero-order valence-electron chi connectivity index (χ0n) is 17.7. The zero-order valence-corrected chi connectivity index (χ0v) is 18.5. The standard InChI is InChI=1S/C24H28F2N4S/c1-17-6-7-21-19(14-17)22(28-10-13-31-12-9-27)15-23(29-21)30-11-8-24(25,26)20-5-3-2-4-18(20)16-30/h2-7,14-15H,8-13,16,27H2,1H3,(H,28,29). The molecule has 0 bridgehead atoms. The number of nitrogens with two attached hydrogens (primary N) is 1. The minimum atomic E-state index is -2.83. The van der Waals surface area contributed by atoms with Gasteiger partial charge in [-0.3, -0.25) is 0 Å². The predicted octanol–water partition coefficient (Wildman–Crippen LogP) is 5.15. The summed E-state index contributed by atoms with van der Waals surface area (Å²) >= 11 is 1.81. The van der Waals surface area contributed by atoms with E-state index < -0.39 is 5.92 Å². The highest BCUT2D eigenvalue weighted by atomic mass is 32.2. The number of hydrogen-bond acceptors (Lipinski definition) is 5. The molecule has 3 N–H and O–H groups in total. The Kier molecular flexibility index (Phi) is 6.62. The van der Waals surface area contributed by atoms with Crippen molar-refractivity contribution >= 4 is 34.2 Å². The number of fused-ring (bicyclic) bond motifs is 2. The van der Waals surface area contributed by atoms with Gasteiger partial charge in [0.15, 0.2) is 0 Å². The van der Waals surface area contributed by atoms with E-state index in [4.69, 9.17) is 10.7 Å². The van der Waals surface area contributed by atoms with Crippen molar-refractivity contribution in [1.29, 1.82) is 0 Å². The molecule has 0 saturated carbocycles. The Bertz CT molecular complexity index is 1060. The van der Waals surface area contributed by atoms with Crippen molar-refractivity contribution in [2.24, 2.45) is 5.73 Å². The summed E-state index contributed by atoms with van der Waals surface area (Å²) in [5, 5.41) is 4.58. The molecule has 2 heterocycles. The Morgan fingerprint density at radius 3 is 2.84 bits per heavy atom. The summed E-state index contributed by atoms with van der Waals surface area (Å²) in [6.07, 6.45) is -0.226. The van der Waals surface area contributed by atoms with Crippen molar-refractivity contribution in [2.45, 2.75) is 25.8 Å². The van der Waals surface area contributed by atoms with E-state index in [1.165, 1.54) is 0 Å². The fraction of sp³-hybridized carbons (Fsp3) is 0.375. The second-order valence-corrected chi connectivity index (χ2v) is 9.13. The van der Waals surface area contributed by atoms with Crippen molar-refractivity contribution in [3.05, 3.63) is 65.2 Å². The summed E-state index contributed by atoms with van der Waals surface area (Å²) in [6.45, 7) is 4.20. The lowest BCUT2D eigenvalue weighted by atomic mass is 10.0. The van der Waals surface area contributed by atoms with E-state index >= 15 is 0 Å². The van der Waals surface area contributed by atoms with Crippen LogP contribution in [0.2, 0.25) is 0 Å². The Balaban J connectivity index is 1.66. The number of nitrogens with zero attached hydrogens (tertiary/aromatic N) is 2. The van der Waals surface area contributed by atoms with Crippen LogP contribution in [0.15, 0.2) is 48.5 Å². The van der Waals surface area contributed by atoms with Crippen molar-refractivity contribution in [1.82, 2.24) is 4.98 Å². The van der Waals surface area contributed by atoms with Gasteiger partial charge in [-0.25, -0.2) is 13.8 Å². The highest BCUT2D eigenvalue weighted by Gasteiger charge is 2.37. The first-order chi connectivity index (χ1) is 15.0. The molecule has 1 aliphatic heterocycles. The van der Waals surface area contributed by atoms with Gasteiger partial charge in [-0.15, -0.1) is 0 Å². The monoisotopic (exact) mass is 442 g/mol. The van der Waals surface area contributed by atoms with Gasteiger partial charge in [0.1, 0.15) is 5.82 Å². The third-order valence-corrected chi connectivity index (χ3v) is 6.58. The maximum absolute atomic E-state index is 14.7. The normalized spacial score (nSPS) is 15.5.